The lowest BCUT2D eigenvalue weighted by Gasteiger charge is -2.07. The van der Waals surface area contributed by atoms with E-state index in [2.05, 4.69) is 23.7 Å². The summed E-state index contributed by atoms with van der Waals surface area (Å²) in [5.41, 5.74) is 1.43. The van der Waals surface area contributed by atoms with Gasteiger partial charge < -0.3 is 0 Å². The summed E-state index contributed by atoms with van der Waals surface area (Å²) in [6, 6.07) is 0. The highest BCUT2D eigenvalue weighted by Gasteiger charge is 2.21. The van der Waals surface area contributed by atoms with Gasteiger partial charge in [0.1, 0.15) is 5.69 Å². The second kappa shape index (κ2) is 2.48. The first-order valence-corrected chi connectivity index (χ1v) is 4.84. The first kappa shape index (κ1) is 7.10. The molecule has 0 aliphatic carbocycles. The average Bonchev–Trinajstić information content (AvgIpc) is 2.30. The van der Waals surface area contributed by atoms with Crippen LogP contribution in [0.3, 0.4) is 0 Å². The predicted molar refractivity (Wildman–Crippen MR) is 47.1 cm³/mol. The van der Waals surface area contributed by atoms with Gasteiger partial charge in [0, 0.05) is 6.42 Å². The third kappa shape index (κ3) is 1.03. The highest BCUT2D eigenvalue weighted by atomic mass is 32.1. The first-order valence-electron chi connectivity index (χ1n) is 4.03. The molecule has 0 fully saturated rings. The maximum Gasteiger partial charge on any atom is 0.334 e. The Morgan fingerprint density at radius 1 is 1.45 bits per heavy atom. The number of aryl methyl sites for hydroxylation is 1. The number of thiazole rings is 1. The summed E-state index contributed by atoms with van der Waals surface area (Å²) in [6.45, 7) is 6.72. The number of nitrogens with zero attached hydrogens (tertiary/aromatic N) is 1. The summed E-state index contributed by atoms with van der Waals surface area (Å²) >= 11 is 1.87. The van der Waals surface area contributed by atoms with Crippen LogP contribution in [0.2, 0.25) is 0 Å². The van der Waals surface area contributed by atoms with Crippen molar-refractivity contribution in [2.24, 2.45) is 0 Å². The molecule has 2 heterocycles. The molecule has 0 atom stereocenters. The standard InChI is InChI=1S/C8H12N2S/c1-6-7(2)11-8-9-4-3-5-10(6)8/h3-5H2,1-2H3/p+1. The lowest BCUT2D eigenvalue weighted by molar-refractivity contribution is -0.688. The SMILES string of the molecule is Cc1sc2[n+](c1C)CCCN2. The van der Waals surface area contributed by atoms with Crippen molar-refractivity contribution in [1.29, 1.82) is 0 Å². The minimum absolute atomic E-state index is 1.14. The van der Waals surface area contributed by atoms with Crippen LogP contribution in [0.15, 0.2) is 0 Å². The molecule has 2 rings (SSSR count). The molecule has 1 aromatic heterocycles. The molecule has 0 bridgehead atoms. The van der Waals surface area contributed by atoms with E-state index in [1.807, 2.05) is 11.3 Å². The number of anilines is 1. The van der Waals surface area contributed by atoms with Crippen molar-refractivity contribution in [3.63, 3.8) is 0 Å². The summed E-state index contributed by atoms with van der Waals surface area (Å²) in [5, 5.41) is 4.74. The van der Waals surface area contributed by atoms with Crippen LogP contribution in [-0.4, -0.2) is 6.54 Å². The minimum atomic E-state index is 1.14. The molecule has 0 aromatic carbocycles. The van der Waals surface area contributed by atoms with Crippen LogP contribution in [0.5, 0.6) is 0 Å². The van der Waals surface area contributed by atoms with Gasteiger partial charge in [0.2, 0.25) is 0 Å². The minimum Gasteiger partial charge on any atom is -0.265 e. The Morgan fingerprint density at radius 2 is 2.27 bits per heavy atom. The number of fused-ring (bicyclic) bond motifs is 1. The molecule has 2 nitrogen and oxygen atoms in total. The molecule has 1 N–H and O–H groups in total. The van der Waals surface area contributed by atoms with Crippen LogP contribution in [0.25, 0.3) is 0 Å². The summed E-state index contributed by atoms with van der Waals surface area (Å²) in [4.78, 5) is 1.44. The average molecular weight is 169 g/mol. The van der Waals surface area contributed by atoms with Gasteiger partial charge in [-0.1, -0.05) is 11.3 Å². The normalized spacial score (nSPS) is 15.8. The zero-order chi connectivity index (χ0) is 7.84. The molecule has 0 saturated heterocycles. The van der Waals surface area contributed by atoms with Gasteiger partial charge in [-0.15, -0.1) is 0 Å². The molecule has 1 aliphatic rings. The summed E-state index contributed by atoms with van der Waals surface area (Å²) in [5.74, 6) is 0. The van der Waals surface area contributed by atoms with Gasteiger partial charge in [-0.2, -0.15) is 0 Å². The molecular weight excluding hydrogens is 156 g/mol. The summed E-state index contributed by atoms with van der Waals surface area (Å²) in [6.07, 6.45) is 1.26. The number of hydrogen-bond donors (Lipinski definition) is 1. The second-order valence-corrected chi connectivity index (χ2v) is 4.18. The quantitative estimate of drug-likeness (QED) is 0.581. The Bertz CT molecular complexity index is 278. The van der Waals surface area contributed by atoms with Crippen molar-refractivity contribution >= 4 is 16.5 Å². The van der Waals surface area contributed by atoms with Crippen molar-refractivity contribution in [3.05, 3.63) is 10.6 Å². The number of nitrogens with one attached hydrogen (secondary N) is 1. The monoisotopic (exact) mass is 169 g/mol. The fourth-order valence-electron chi connectivity index (χ4n) is 1.45. The van der Waals surface area contributed by atoms with E-state index in [-0.39, 0.29) is 0 Å². The van der Waals surface area contributed by atoms with Crippen molar-refractivity contribution in [1.82, 2.24) is 0 Å². The lowest BCUT2D eigenvalue weighted by atomic mass is 10.3. The Morgan fingerprint density at radius 3 is 3.00 bits per heavy atom. The largest absolute Gasteiger partial charge is 0.334 e. The molecule has 1 aromatic rings. The zero-order valence-electron chi connectivity index (χ0n) is 6.98. The highest BCUT2D eigenvalue weighted by molar-refractivity contribution is 7.15. The lowest BCUT2D eigenvalue weighted by Crippen LogP contribution is -2.42. The Labute approximate surface area is 70.9 Å². The Balaban J connectivity index is 2.50. The molecule has 60 valence electrons. The van der Waals surface area contributed by atoms with Crippen LogP contribution in [0, 0.1) is 13.8 Å². The van der Waals surface area contributed by atoms with E-state index in [0.29, 0.717) is 0 Å². The molecule has 0 unspecified atom stereocenters. The molecular formula is C8H13N2S+. The van der Waals surface area contributed by atoms with Gasteiger partial charge in [-0.25, -0.2) is 4.57 Å². The van der Waals surface area contributed by atoms with Gasteiger partial charge in [-0.3, -0.25) is 5.32 Å². The topological polar surface area (TPSA) is 15.9 Å². The van der Waals surface area contributed by atoms with Crippen LogP contribution in [0.4, 0.5) is 5.13 Å². The van der Waals surface area contributed by atoms with E-state index in [4.69, 9.17) is 0 Å². The van der Waals surface area contributed by atoms with Crippen LogP contribution in [-0.2, 0) is 6.54 Å². The number of hydrogen-bond acceptors (Lipinski definition) is 2. The third-order valence-electron chi connectivity index (χ3n) is 2.24. The predicted octanol–water partition coefficient (Wildman–Crippen LogP) is 1.47. The summed E-state index contributed by atoms with van der Waals surface area (Å²) < 4.78 is 2.38. The third-order valence-corrected chi connectivity index (χ3v) is 3.40. The maximum absolute atomic E-state index is 3.41. The second-order valence-electron chi connectivity index (χ2n) is 2.98. The van der Waals surface area contributed by atoms with Crippen LogP contribution < -0.4 is 9.88 Å². The molecule has 0 saturated carbocycles. The smallest absolute Gasteiger partial charge is 0.265 e. The highest BCUT2D eigenvalue weighted by Crippen LogP contribution is 2.21. The van der Waals surface area contributed by atoms with Gasteiger partial charge in [0.05, 0.1) is 18.0 Å². The van der Waals surface area contributed by atoms with Gasteiger partial charge in [0.25, 0.3) is 0 Å². The van der Waals surface area contributed by atoms with E-state index in [1.54, 1.807) is 0 Å². The molecule has 11 heavy (non-hydrogen) atoms. The molecule has 0 spiro atoms. The van der Waals surface area contributed by atoms with Gasteiger partial charge >= 0.3 is 5.13 Å². The van der Waals surface area contributed by atoms with Crippen molar-refractivity contribution < 1.29 is 4.57 Å². The molecule has 0 amide bonds. The Kier molecular flexibility index (Phi) is 1.60. The molecule has 1 aliphatic heterocycles. The Hall–Kier alpha value is -0.570. The maximum atomic E-state index is 3.41. The van der Waals surface area contributed by atoms with Gasteiger partial charge in [0.15, 0.2) is 0 Å². The van der Waals surface area contributed by atoms with Crippen molar-refractivity contribution in [2.45, 2.75) is 26.8 Å². The van der Waals surface area contributed by atoms with E-state index in [1.165, 1.54) is 28.7 Å². The first-order chi connectivity index (χ1) is 5.29. The number of aromatic nitrogens is 1. The summed E-state index contributed by atoms with van der Waals surface area (Å²) in [7, 11) is 0. The van der Waals surface area contributed by atoms with E-state index < -0.39 is 0 Å². The molecule has 0 radical (unpaired) electrons. The van der Waals surface area contributed by atoms with Crippen molar-refractivity contribution in [2.75, 3.05) is 11.9 Å². The van der Waals surface area contributed by atoms with E-state index in [9.17, 15) is 0 Å². The fraction of sp³-hybridized carbons (Fsp3) is 0.625. The number of rotatable bonds is 0. The van der Waals surface area contributed by atoms with E-state index >= 15 is 0 Å². The van der Waals surface area contributed by atoms with Crippen LogP contribution in [0.1, 0.15) is 17.0 Å². The van der Waals surface area contributed by atoms with E-state index in [0.717, 1.165) is 6.54 Å². The zero-order valence-corrected chi connectivity index (χ0v) is 7.79. The fourth-order valence-corrected chi connectivity index (χ4v) is 2.51. The molecule has 3 heteroatoms. The van der Waals surface area contributed by atoms with Crippen LogP contribution >= 0.6 is 11.3 Å². The van der Waals surface area contributed by atoms with Gasteiger partial charge in [-0.05, 0) is 13.8 Å². The van der Waals surface area contributed by atoms with Crippen molar-refractivity contribution in [3.8, 4) is 0 Å².